The number of fused-ring (bicyclic) bond motifs is 1. The third-order valence-corrected chi connectivity index (χ3v) is 3.63. The molecule has 2 amide bonds. The van der Waals surface area contributed by atoms with Gasteiger partial charge in [0, 0.05) is 31.1 Å². The Balaban J connectivity index is 2.06. The van der Waals surface area contributed by atoms with Gasteiger partial charge in [0.25, 0.3) is 0 Å². The largest absolute Gasteiger partial charge is 0.352 e. The summed E-state index contributed by atoms with van der Waals surface area (Å²) in [4.78, 5) is 25.2. The molecule has 4 nitrogen and oxygen atoms in total. The molecule has 0 atom stereocenters. The number of nitrogens with one attached hydrogen (secondary N) is 1. The predicted octanol–water partition coefficient (Wildman–Crippen LogP) is 2.26. The van der Waals surface area contributed by atoms with E-state index in [9.17, 15) is 9.59 Å². The van der Waals surface area contributed by atoms with Crippen molar-refractivity contribution in [3.8, 4) is 0 Å². The summed E-state index contributed by atoms with van der Waals surface area (Å²) in [5, 5.41) is 2.92. The van der Waals surface area contributed by atoms with Crippen LogP contribution in [0.25, 0.3) is 0 Å². The van der Waals surface area contributed by atoms with Crippen LogP contribution in [0.15, 0.2) is 18.2 Å². The molecule has 0 radical (unpaired) electrons. The van der Waals surface area contributed by atoms with Gasteiger partial charge in [-0.2, -0.15) is 0 Å². The number of amides is 2. The third kappa shape index (κ3) is 3.00. The molecule has 1 heterocycles. The molecule has 1 aliphatic rings. The van der Waals surface area contributed by atoms with Crippen molar-refractivity contribution in [2.45, 2.75) is 40.2 Å². The van der Waals surface area contributed by atoms with E-state index in [0.29, 0.717) is 13.0 Å². The maximum absolute atomic E-state index is 11.8. The van der Waals surface area contributed by atoms with Crippen molar-refractivity contribution in [2.24, 2.45) is 5.92 Å². The normalized spacial score (nSPS) is 13.5. The highest BCUT2D eigenvalue weighted by atomic mass is 16.2. The average molecular weight is 274 g/mol. The molecular weight excluding hydrogens is 252 g/mol. The standard InChI is InChI=1S/C16H22N2O2/c1-4-15(19)18-8-7-13-9-12(5-6-14(13)18)10-17-16(20)11(2)3/h5-6,9,11H,4,7-8,10H2,1-3H3,(H,17,20). The van der Waals surface area contributed by atoms with Gasteiger partial charge in [0.1, 0.15) is 0 Å². The summed E-state index contributed by atoms with van der Waals surface area (Å²) in [6, 6.07) is 6.08. The van der Waals surface area contributed by atoms with Crippen LogP contribution in [0.4, 0.5) is 5.69 Å². The molecule has 1 aliphatic heterocycles. The highest BCUT2D eigenvalue weighted by Crippen LogP contribution is 2.29. The van der Waals surface area contributed by atoms with E-state index < -0.39 is 0 Å². The summed E-state index contributed by atoms with van der Waals surface area (Å²) in [6.45, 7) is 6.96. The van der Waals surface area contributed by atoms with Crippen molar-refractivity contribution in [3.63, 3.8) is 0 Å². The molecule has 0 aromatic heterocycles. The van der Waals surface area contributed by atoms with Crippen LogP contribution in [-0.4, -0.2) is 18.4 Å². The second kappa shape index (κ2) is 6.07. The Kier molecular flexibility index (Phi) is 4.42. The van der Waals surface area contributed by atoms with E-state index in [2.05, 4.69) is 11.4 Å². The van der Waals surface area contributed by atoms with E-state index >= 15 is 0 Å². The van der Waals surface area contributed by atoms with Crippen molar-refractivity contribution in [3.05, 3.63) is 29.3 Å². The lowest BCUT2D eigenvalue weighted by atomic mass is 10.1. The second-order valence-electron chi connectivity index (χ2n) is 5.48. The summed E-state index contributed by atoms with van der Waals surface area (Å²) in [6.07, 6.45) is 1.43. The molecule has 108 valence electrons. The molecule has 1 N–H and O–H groups in total. The Hall–Kier alpha value is -1.84. The van der Waals surface area contributed by atoms with E-state index in [1.54, 1.807) is 0 Å². The SMILES string of the molecule is CCC(=O)N1CCc2cc(CNC(=O)C(C)C)ccc21. The van der Waals surface area contributed by atoms with Gasteiger partial charge in [-0.3, -0.25) is 9.59 Å². The van der Waals surface area contributed by atoms with Crippen molar-refractivity contribution >= 4 is 17.5 Å². The second-order valence-corrected chi connectivity index (χ2v) is 5.48. The number of benzene rings is 1. The predicted molar refractivity (Wildman–Crippen MR) is 79.5 cm³/mol. The monoisotopic (exact) mass is 274 g/mol. The van der Waals surface area contributed by atoms with Gasteiger partial charge in [-0.05, 0) is 23.6 Å². The Labute approximate surface area is 120 Å². The van der Waals surface area contributed by atoms with Crippen LogP contribution < -0.4 is 10.2 Å². The molecule has 1 aromatic carbocycles. The zero-order valence-electron chi connectivity index (χ0n) is 12.4. The molecule has 0 bridgehead atoms. The van der Waals surface area contributed by atoms with E-state index in [1.165, 1.54) is 5.56 Å². The van der Waals surface area contributed by atoms with E-state index in [1.807, 2.05) is 37.8 Å². The molecule has 0 aliphatic carbocycles. The number of rotatable bonds is 4. The zero-order chi connectivity index (χ0) is 14.7. The lowest BCUT2D eigenvalue weighted by molar-refractivity contribution is -0.124. The van der Waals surface area contributed by atoms with Crippen molar-refractivity contribution in [1.82, 2.24) is 5.32 Å². The maximum Gasteiger partial charge on any atom is 0.226 e. The molecule has 20 heavy (non-hydrogen) atoms. The molecule has 2 rings (SSSR count). The summed E-state index contributed by atoms with van der Waals surface area (Å²) in [5.74, 6) is 0.236. The maximum atomic E-state index is 11.8. The van der Waals surface area contributed by atoms with Crippen molar-refractivity contribution < 1.29 is 9.59 Å². The first-order chi connectivity index (χ1) is 9.52. The molecule has 0 saturated heterocycles. The van der Waals surface area contributed by atoms with Crippen LogP contribution in [0.5, 0.6) is 0 Å². The minimum Gasteiger partial charge on any atom is -0.352 e. The van der Waals surface area contributed by atoms with Crippen LogP contribution in [0.2, 0.25) is 0 Å². The minimum absolute atomic E-state index is 0.00194. The molecular formula is C16H22N2O2. The minimum atomic E-state index is 0.00194. The lowest BCUT2D eigenvalue weighted by Crippen LogP contribution is -2.28. The fraction of sp³-hybridized carbons (Fsp3) is 0.500. The van der Waals surface area contributed by atoms with Gasteiger partial charge in [-0.15, -0.1) is 0 Å². The van der Waals surface area contributed by atoms with Crippen molar-refractivity contribution in [2.75, 3.05) is 11.4 Å². The number of hydrogen-bond donors (Lipinski definition) is 1. The molecule has 0 saturated carbocycles. The van der Waals surface area contributed by atoms with Crippen LogP contribution >= 0.6 is 0 Å². The van der Waals surface area contributed by atoms with Crippen LogP contribution in [0, 0.1) is 5.92 Å². The van der Waals surface area contributed by atoms with Gasteiger partial charge < -0.3 is 10.2 Å². The summed E-state index contributed by atoms with van der Waals surface area (Å²) in [7, 11) is 0. The number of anilines is 1. The Morgan fingerprint density at radius 3 is 2.75 bits per heavy atom. The summed E-state index contributed by atoms with van der Waals surface area (Å²) < 4.78 is 0. The quantitative estimate of drug-likeness (QED) is 0.915. The highest BCUT2D eigenvalue weighted by Gasteiger charge is 2.23. The Bertz CT molecular complexity index is 523. The van der Waals surface area contributed by atoms with E-state index in [-0.39, 0.29) is 17.7 Å². The van der Waals surface area contributed by atoms with Crippen molar-refractivity contribution in [1.29, 1.82) is 0 Å². The lowest BCUT2D eigenvalue weighted by Gasteiger charge is -2.16. The first-order valence-corrected chi connectivity index (χ1v) is 7.22. The van der Waals surface area contributed by atoms with E-state index in [0.717, 1.165) is 24.2 Å². The smallest absolute Gasteiger partial charge is 0.226 e. The summed E-state index contributed by atoms with van der Waals surface area (Å²) >= 11 is 0. The molecule has 0 fully saturated rings. The number of hydrogen-bond acceptors (Lipinski definition) is 2. The molecule has 0 unspecified atom stereocenters. The van der Waals surface area contributed by atoms with Gasteiger partial charge in [0.2, 0.25) is 11.8 Å². The van der Waals surface area contributed by atoms with Gasteiger partial charge in [-0.25, -0.2) is 0 Å². The topological polar surface area (TPSA) is 49.4 Å². The van der Waals surface area contributed by atoms with Gasteiger partial charge in [0.05, 0.1) is 0 Å². The Morgan fingerprint density at radius 1 is 1.35 bits per heavy atom. The molecule has 4 heteroatoms. The van der Waals surface area contributed by atoms with Gasteiger partial charge in [0.15, 0.2) is 0 Å². The first-order valence-electron chi connectivity index (χ1n) is 7.22. The fourth-order valence-electron chi connectivity index (χ4n) is 2.41. The average Bonchev–Trinajstić information content (AvgIpc) is 2.86. The highest BCUT2D eigenvalue weighted by molar-refractivity contribution is 5.95. The van der Waals surface area contributed by atoms with E-state index in [4.69, 9.17) is 0 Å². The number of carbonyl (C=O) groups is 2. The summed E-state index contributed by atoms with van der Waals surface area (Å²) in [5.41, 5.74) is 3.31. The number of nitrogens with zero attached hydrogens (tertiary/aromatic N) is 1. The fourth-order valence-corrected chi connectivity index (χ4v) is 2.41. The third-order valence-electron chi connectivity index (χ3n) is 3.63. The number of carbonyl (C=O) groups excluding carboxylic acids is 2. The molecule has 0 spiro atoms. The van der Waals surface area contributed by atoms with Gasteiger partial charge >= 0.3 is 0 Å². The molecule has 1 aromatic rings. The Morgan fingerprint density at radius 2 is 2.10 bits per heavy atom. The first kappa shape index (κ1) is 14.6. The zero-order valence-corrected chi connectivity index (χ0v) is 12.4. The van der Waals surface area contributed by atoms with Crippen LogP contribution in [0.1, 0.15) is 38.3 Å². The van der Waals surface area contributed by atoms with Crippen LogP contribution in [0.3, 0.4) is 0 Å². The van der Waals surface area contributed by atoms with Gasteiger partial charge in [-0.1, -0.05) is 32.9 Å². The van der Waals surface area contributed by atoms with Crippen LogP contribution in [-0.2, 0) is 22.6 Å².